The van der Waals surface area contributed by atoms with Gasteiger partial charge >= 0.3 is 0 Å². The van der Waals surface area contributed by atoms with Gasteiger partial charge in [-0.05, 0) is 11.6 Å². The average molecular weight is 267 g/mol. The van der Waals surface area contributed by atoms with E-state index in [4.69, 9.17) is 4.74 Å². The van der Waals surface area contributed by atoms with Crippen molar-refractivity contribution in [2.75, 3.05) is 0 Å². The lowest BCUT2D eigenvalue weighted by Crippen LogP contribution is -1.96. The molecule has 0 aliphatic carbocycles. The number of nitro groups is 1. The van der Waals surface area contributed by atoms with Crippen LogP contribution in [0.2, 0.25) is 0 Å². The SMILES string of the molecule is O=[N+]([O-])c1ccccc1COC#CCc1ccccc1. The monoisotopic (exact) mass is 267 g/mol. The van der Waals surface area contributed by atoms with E-state index >= 15 is 0 Å². The second kappa shape index (κ2) is 6.95. The molecule has 20 heavy (non-hydrogen) atoms. The van der Waals surface area contributed by atoms with Crippen LogP contribution < -0.4 is 0 Å². The van der Waals surface area contributed by atoms with E-state index in [1.807, 2.05) is 30.3 Å². The van der Waals surface area contributed by atoms with Crippen LogP contribution >= 0.6 is 0 Å². The minimum atomic E-state index is -0.421. The lowest BCUT2D eigenvalue weighted by molar-refractivity contribution is -0.385. The Morgan fingerprint density at radius 1 is 1.05 bits per heavy atom. The Kier molecular flexibility index (Phi) is 4.74. The second-order valence-corrected chi connectivity index (χ2v) is 4.12. The summed E-state index contributed by atoms with van der Waals surface area (Å²) in [5.74, 6) is 2.88. The molecule has 0 fully saturated rings. The van der Waals surface area contributed by atoms with Crippen LogP contribution in [0.3, 0.4) is 0 Å². The number of nitro benzene ring substituents is 1. The van der Waals surface area contributed by atoms with Crippen LogP contribution in [0.25, 0.3) is 0 Å². The van der Waals surface area contributed by atoms with Crippen molar-refractivity contribution in [3.8, 4) is 12.0 Å². The molecule has 0 radical (unpaired) electrons. The average Bonchev–Trinajstić information content (AvgIpc) is 2.48. The maximum absolute atomic E-state index is 10.8. The number of para-hydroxylation sites is 1. The highest BCUT2D eigenvalue weighted by molar-refractivity contribution is 5.39. The van der Waals surface area contributed by atoms with Crippen LogP contribution in [0.15, 0.2) is 54.6 Å². The van der Waals surface area contributed by atoms with E-state index in [1.165, 1.54) is 6.07 Å². The van der Waals surface area contributed by atoms with Crippen LogP contribution in [0, 0.1) is 22.1 Å². The smallest absolute Gasteiger partial charge is 0.276 e. The van der Waals surface area contributed by atoms with E-state index < -0.39 is 4.92 Å². The Morgan fingerprint density at radius 2 is 1.75 bits per heavy atom. The first-order valence-corrected chi connectivity index (χ1v) is 6.13. The zero-order valence-electron chi connectivity index (χ0n) is 10.8. The van der Waals surface area contributed by atoms with Crippen molar-refractivity contribution in [1.82, 2.24) is 0 Å². The predicted molar refractivity (Wildman–Crippen MR) is 75.8 cm³/mol. The van der Waals surface area contributed by atoms with Crippen molar-refractivity contribution >= 4 is 5.69 Å². The van der Waals surface area contributed by atoms with E-state index in [-0.39, 0.29) is 12.3 Å². The van der Waals surface area contributed by atoms with Gasteiger partial charge < -0.3 is 4.74 Å². The standard InChI is InChI=1S/C16H13NO3/c18-17(19)16-11-5-4-10-15(16)13-20-12-6-9-14-7-2-1-3-8-14/h1-5,7-8,10-11H,9,13H2. The molecule has 0 aliphatic rings. The summed E-state index contributed by atoms with van der Waals surface area (Å²) in [5, 5.41) is 10.8. The molecule has 4 heteroatoms. The van der Waals surface area contributed by atoms with Crippen molar-refractivity contribution in [3.05, 3.63) is 75.8 Å². The number of hydrogen-bond acceptors (Lipinski definition) is 3. The van der Waals surface area contributed by atoms with Gasteiger partial charge in [0.15, 0.2) is 0 Å². The van der Waals surface area contributed by atoms with Crippen molar-refractivity contribution in [3.63, 3.8) is 0 Å². The van der Waals surface area contributed by atoms with Gasteiger partial charge in [-0.3, -0.25) is 10.1 Å². The highest BCUT2D eigenvalue weighted by Gasteiger charge is 2.11. The normalized spacial score (nSPS) is 9.40. The van der Waals surface area contributed by atoms with E-state index in [2.05, 4.69) is 12.0 Å². The quantitative estimate of drug-likeness (QED) is 0.485. The Bertz CT molecular complexity index is 642. The van der Waals surface area contributed by atoms with Gasteiger partial charge in [0, 0.05) is 12.5 Å². The molecule has 0 saturated carbocycles. The topological polar surface area (TPSA) is 52.4 Å². The predicted octanol–water partition coefficient (Wildman–Crippen LogP) is 3.32. The molecule has 2 aromatic rings. The summed E-state index contributed by atoms with van der Waals surface area (Å²) in [6.45, 7) is 0.110. The van der Waals surface area contributed by atoms with Crippen LogP contribution in [0.5, 0.6) is 0 Å². The van der Waals surface area contributed by atoms with Crippen molar-refractivity contribution < 1.29 is 9.66 Å². The Hall–Kier alpha value is -2.80. The van der Waals surface area contributed by atoms with Gasteiger partial charge in [-0.25, -0.2) is 0 Å². The fourth-order valence-electron chi connectivity index (χ4n) is 1.71. The van der Waals surface area contributed by atoms with E-state index in [1.54, 1.807) is 18.2 Å². The van der Waals surface area contributed by atoms with E-state index in [0.717, 1.165) is 5.56 Å². The minimum Gasteiger partial charge on any atom is -0.441 e. The molecule has 0 N–H and O–H groups in total. The maximum atomic E-state index is 10.8. The second-order valence-electron chi connectivity index (χ2n) is 4.12. The Labute approximate surface area is 117 Å². The molecule has 0 aromatic heterocycles. The summed E-state index contributed by atoms with van der Waals surface area (Å²) in [4.78, 5) is 10.4. The molecule has 4 nitrogen and oxygen atoms in total. The van der Waals surface area contributed by atoms with Gasteiger partial charge in [-0.2, -0.15) is 0 Å². The van der Waals surface area contributed by atoms with Crippen molar-refractivity contribution in [2.24, 2.45) is 0 Å². The van der Waals surface area contributed by atoms with Gasteiger partial charge in [-0.15, -0.1) is 0 Å². The molecule has 0 heterocycles. The maximum Gasteiger partial charge on any atom is 0.276 e. The number of nitrogens with zero attached hydrogens (tertiary/aromatic N) is 1. The number of ether oxygens (including phenoxy) is 1. The van der Waals surface area contributed by atoms with Crippen molar-refractivity contribution in [1.29, 1.82) is 0 Å². The largest absolute Gasteiger partial charge is 0.441 e. The zero-order valence-corrected chi connectivity index (χ0v) is 10.8. The first-order valence-electron chi connectivity index (χ1n) is 6.13. The number of rotatable bonds is 4. The lowest BCUT2D eigenvalue weighted by atomic mass is 10.2. The number of benzene rings is 2. The molecule has 0 aliphatic heterocycles. The third-order valence-corrected chi connectivity index (χ3v) is 2.70. The summed E-state index contributed by atoms with van der Waals surface area (Å²) in [6, 6.07) is 16.3. The lowest BCUT2D eigenvalue weighted by Gasteiger charge is -2.00. The molecule has 0 bridgehead atoms. The fourth-order valence-corrected chi connectivity index (χ4v) is 1.71. The fraction of sp³-hybridized carbons (Fsp3) is 0.125. The molecule has 0 unspecified atom stereocenters. The molecule has 2 aromatic carbocycles. The van der Waals surface area contributed by atoms with Crippen LogP contribution in [-0.2, 0) is 17.8 Å². The van der Waals surface area contributed by atoms with Gasteiger partial charge in [0.2, 0.25) is 0 Å². The van der Waals surface area contributed by atoms with E-state index in [9.17, 15) is 10.1 Å². The summed E-state index contributed by atoms with van der Waals surface area (Å²) in [6.07, 6.45) is 3.17. The van der Waals surface area contributed by atoms with Crippen LogP contribution in [0.1, 0.15) is 11.1 Å². The van der Waals surface area contributed by atoms with Crippen molar-refractivity contribution in [2.45, 2.75) is 13.0 Å². The molecule has 2 rings (SSSR count). The summed E-state index contributed by atoms with van der Waals surface area (Å²) < 4.78 is 5.17. The Morgan fingerprint density at radius 3 is 2.50 bits per heavy atom. The molecule has 100 valence electrons. The number of hydrogen-bond donors (Lipinski definition) is 0. The summed E-state index contributed by atoms with van der Waals surface area (Å²) in [7, 11) is 0. The van der Waals surface area contributed by atoms with Gasteiger partial charge in [0.1, 0.15) is 12.7 Å². The van der Waals surface area contributed by atoms with Gasteiger partial charge in [-0.1, -0.05) is 48.4 Å². The molecule has 0 saturated heterocycles. The highest BCUT2D eigenvalue weighted by Crippen LogP contribution is 2.18. The molecular formula is C16H13NO3. The minimum absolute atomic E-state index is 0.0531. The summed E-state index contributed by atoms with van der Waals surface area (Å²) in [5.41, 5.74) is 1.68. The first-order chi connectivity index (χ1) is 9.77. The van der Waals surface area contributed by atoms with Gasteiger partial charge in [0.25, 0.3) is 5.69 Å². The molecule has 0 atom stereocenters. The third-order valence-electron chi connectivity index (χ3n) is 2.70. The molecular weight excluding hydrogens is 254 g/mol. The summed E-state index contributed by atoms with van der Waals surface area (Å²) >= 11 is 0. The van der Waals surface area contributed by atoms with E-state index in [0.29, 0.717) is 12.0 Å². The Balaban J connectivity index is 1.89. The molecule has 0 amide bonds. The third kappa shape index (κ3) is 3.85. The highest BCUT2D eigenvalue weighted by atomic mass is 16.6. The van der Waals surface area contributed by atoms with Crippen LogP contribution in [-0.4, -0.2) is 4.92 Å². The first kappa shape index (κ1) is 13.6. The molecule has 0 spiro atoms. The van der Waals surface area contributed by atoms with Crippen LogP contribution in [0.4, 0.5) is 5.69 Å². The van der Waals surface area contributed by atoms with Gasteiger partial charge in [0.05, 0.1) is 10.5 Å². The zero-order chi connectivity index (χ0) is 14.2.